The SMILES string of the molecule is CCC1CCc2nc3sc(C(=O)Nc4ccc(C)c(Cl)c4)c(N)c3cc2C1. The fourth-order valence-electron chi connectivity index (χ4n) is 3.64. The Kier molecular flexibility index (Phi) is 4.82. The van der Waals surface area contributed by atoms with Gasteiger partial charge in [0.05, 0.1) is 5.69 Å². The van der Waals surface area contributed by atoms with Gasteiger partial charge < -0.3 is 11.1 Å². The van der Waals surface area contributed by atoms with Crippen molar-refractivity contribution in [3.8, 4) is 0 Å². The van der Waals surface area contributed by atoms with Crippen LogP contribution in [-0.4, -0.2) is 10.9 Å². The van der Waals surface area contributed by atoms with Gasteiger partial charge in [-0.15, -0.1) is 11.3 Å². The Labute approximate surface area is 167 Å². The van der Waals surface area contributed by atoms with E-state index in [0.717, 1.165) is 34.3 Å². The standard InChI is InChI=1S/C21H22ClN3OS/c1-3-12-5-7-17-13(8-12)9-15-18(23)19(27-21(15)25-17)20(26)24-14-6-4-11(2)16(22)10-14/h4,6,9-10,12H,3,5,7-8,23H2,1-2H3,(H,24,26). The number of pyridine rings is 1. The minimum absolute atomic E-state index is 0.222. The van der Waals surface area contributed by atoms with Gasteiger partial charge in [-0.2, -0.15) is 0 Å². The maximum Gasteiger partial charge on any atom is 0.267 e. The highest BCUT2D eigenvalue weighted by atomic mass is 35.5. The molecule has 27 heavy (non-hydrogen) atoms. The Bertz CT molecular complexity index is 1040. The molecular weight excluding hydrogens is 378 g/mol. The third-order valence-electron chi connectivity index (χ3n) is 5.40. The van der Waals surface area contributed by atoms with Crippen molar-refractivity contribution in [1.29, 1.82) is 0 Å². The van der Waals surface area contributed by atoms with E-state index >= 15 is 0 Å². The molecule has 1 aromatic carbocycles. The first-order valence-corrected chi connectivity index (χ1v) is 10.4. The highest BCUT2D eigenvalue weighted by molar-refractivity contribution is 7.21. The molecule has 1 amide bonds. The first-order chi connectivity index (χ1) is 13.0. The monoisotopic (exact) mass is 399 g/mol. The van der Waals surface area contributed by atoms with Crippen LogP contribution >= 0.6 is 22.9 Å². The van der Waals surface area contributed by atoms with Gasteiger partial charge in [0.25, 0.3) is 5.91 Å². The van der Waals surface area contributed by atoms with Gasteiger partial charge in [0, 0.05) is 21.8 Å². The second-order valence-electron chi connectivity index (χ2n) is 7.23. The van der Waals surface area contributed by atoms with Crippen LogP contribution in [-0.2, 0) is 12.8 Å². The van der Waals surface area contributed by atoms with Crippen LogP contribution in [0.3, 0.4) is 0 Å². The van der Waals surface area contributed by atoms with Gasteiger partial charge in [-0.25, -0.2) is 4.98 Å². The van der Waals surface area contributed by atoms with Crippen molar-refractivity contribution >= 4 is 50.4 Å². The number of nitrogens with two attached hydrogens (primary N) is 1. The van der Waals surface area contributed by atoms with Gasteiger partial charge in [-0.05, 0) is 61.4 Å². The Morgan fingerprint density at radius 2 is 2.22 bits per heavy atom. The summed E-state index contributed by atoms with van der Waals surface area (Å²) in [4.78, 5) is 18.9. The van der Waals surface area contributed by atoms with Gasteiger partial charge >= 0.3 is 0 Å². The van der Waals surface area contributed by atoms with Gasteiger partial charge in [0.15, 0.2) is 0 Å². The Hall–Kier alpha value is -2.11. The number of carbonyl (C=O) groups is 1. The van der Waals surface area contributed by atoms with Gasteiger partial charge in [-0.3, -0.25) is 4.79 Å². The van der Waals surface area contributed by atoms with E-state index in [9.17, 15) is 4.79 Å². The number of carbonyl (C=O) groups excluding carboxylic acids is 1. The van der Waals surface area contributed by atoms with Crippen LogP contribution in [0.5, 0.6) is 0 Å². The van der Waals surface area contributed by atoms with E-state index in [1.54, 1.807) is 6.07 Å². The van der Waals surface area contributed by atoms with E-state index < -0.39 is 0 Å². The molecule has 1 unspecified atom stereocenters. The predicted molar refractivity (Wildman–Crippen MR) is 114 cm³/mol. The number of nitrogens with zero attached hydrogens (tertiary/aromatic N) is 1. The molecule has 0 spiro atoms. The van der Waals surface area contributed by atoms with Crippen molar-refractivity contribution in [1.82, 2.24) is 4.98 Å². The summed E-state index contributed by atoms with van der Waals surface area (Å²) in [7, 11) is 0. The molecule has 0 fully saturated rings. The molecule has 1 atom stereocenters. The lowest BCUT2D eigenvalue weighted by Gasteiger charge is -2.22. The van der Waals surface area contributed by atoms with E-state index in [1.807, 2.05) is 19.1 Å². The first kappa shape index (κ1) is 18.3. The van der Waals surface area contributed by atoms with Crippen LogP contribution in [0.25, 0.3) is 10.2 Å². The fraction of sp³-hybridized carbons (Fsp3) is 0.333. The predicted octanol–water partition coefficient (Wildman–Crippen LogP) is 5.61. The number of fused-ring (bicyclic) bond motifs is 2. The molecule has 1 aliphatic rings. The van der Waals surface area contributed by atoms with Crippen LogP contribution in [0.4, 0.5) is 11.4 Å². The average molecular weight is 400 g/mol. The number of hydrogen-bond acceptors (Lipinski definition) is 4. The Morgan fingerprint density at radius 3 is 2.96 bits per heavy atom. The van der Waals surface area contributed by atoms with E-state index in [-0.39, 0.29) is 5.91 Å². The molecule has 3 aromatic rings. The molecule has 0 saturated carbocycles. The minimum atomic E-state index is -0.222. The summed E-state index contributed by atoms with van der Waals surface area (Å²) in [6.07, 6.45) is 4.42. The lowest BCUT2D eigenvalue weighted by atomic mass is 9.85. The topological polar surface area (TPSA) is 68.0 Å². The number of aryl methyl sites for hydroxylation is 2. The largest absolute Gasteiger partial charge is 0.397 e. The van der Waals surface area contributed by atoms with Gasteiger partial charge in [-0.1, -0.05) is 31.0 Å². The summed E-state index contributed by atoms with van der Waals surface area (Å²) in [5.41, 5.74) is 10.9. The highest BCUT2D eigenvalue weighted by Gasteiger charge is 2.23. The van der Waals surface area contributed by atoms with Gasteiger partial charge in [0.2, 0.25) is 0 Å². The number of rotatable bonds is 3. The minimum Gasteiger partial charge on any atom is -0.397 e. The number of halogens is 1. The second kappa shape index (κ2) is 7.13. The molecule has 0 saturated heterocycles. The average Bonchev–Trinajstić information content (AvgIpc) is 2.98. The summed E-state index contributed by atoms with van der Waals surface area (Å²) in [6.45, 7) is 4.16. The van der Waals surface area contributed by atoms with Crippen molar-refractivity contribution < 1.29 is 4.79 Å². The van der Waals surface area contributed by atoms with Crippen molar-refractivity contribution in [3.05, 3.63) is 51.0 Å². The zero-order chi connectivity index (χ0) is 19.1. The number of thiophene rings is 1. The smallest absolute Gasteiger partial charge is 0.267 e. The normalized spacial score (nSPS) is 16.3. The quantitative estimate of drug-likeness (QED) is 0.601. The lowest BCUT2D eigenvalue weighted by Crippen LogP contribution is -2.14. The van der Waals surface area contributed by atoms with Crippen LogP contribution in [0, 0.1) is 12.8 Å². The molecular formula is C21H22ClN3OS. The van der Waals surface area contributed by atoms with Crippen LogP contribution in [0.1, 0.15) is 46.3 Å². The van der Waals surface area contributed by atoms with Gasteiger partial charge in [0.1, 0.15) is 9.71 Å². The van der Waals surface area contributed by atoms with E-state index in [1.165, 1.54) is 29.7 Å². The molecule has 0 bridgehead atoms. The Balaban J connectivity index is 1.66. The highest BCUT2D eigenvalue weighted by Crippen LogP contribution is 2.37. The van der Waals surface area contributed by atoms with Crippen molar-refractivity contribution in [3.63, 3.8) is 0 Å². The number of amides is 1. The summed E-state index contributed by atoms with van der Waals surface area (Å²) in [5, 5.41) is 4.41. The molecule has 1 aliphatic carbocycles. The molecule has 2 aromatic heterocycles. The third kappa shape index (κ3) is 3.42. The van der Waals surface area contributed by atoms with E-state index in [4.69, 9.17) is 22.3 Å². The summed E-state index contributed by atoms with van der Waals surface area (Å²) < 4.78 is 0. The fourth-order valence-corrected chi connectivity index (χ4v) is 4.81. The van der Waals surface area contributed by atoms with Crippen LogP contribution in [0.15, 0.2) is 24.3 Å². The maximum atomic E-state index is 12.8. The molecule has 4 rings (SSSR count). The number of aromatic nitrogens is 1. The summed E-state index contributed by atoms with van der Waals surface area (Å²) >= 11 is 7.51. The molecule has 2 heterocycles. The van der Waals surface area contributed by atoms with Crippen molar-refractivity contribution in [2.75, 3.05) is 11.1 Å². The maximum absolute atomic E-state index is 12.8. The number of nitrogens with one attached hydrogen (secondary N) is 1. The number of anilines is 2. The Morgan fingerprint density at radius 1 is 1.41 bits per heavy atom. The van der Waals surface area contributed by atoms with Crippen molar-refractivity contribution in [2.24, 2.45) is 5.92 Å². The first-order valence-electron chi connectivity index (χ1n) is 9.24. The third-order valence-corrected chi connectivity index (χ3v) is 6.92. The molecule has 4 nitrogen and oxygen atoms in total. The second-order valence-corrected chi connectivity index (χ2v) is 8.63. The van der Waals surface area contributed by atoms with E-state index in [2.05, 4.69) is 18.3 Å². The lowest BCUT2D eigenvalue weighted by molar-refractivity contribution is 0.103. The molecule has 0 aliphatic heterocycles. The van der Waals surface area contributed by atoms with Crippen LogP contribution < -0.4 is 11.1 Å². The van der Waals surface area contributed by atoms with Crippen LogP contribution in [0.2, 0.25) is 5.02 Å². The van der Waals surface area contributed by atoms with Crippen molar-refractivity contribution in [2.45, 2.75) is 39.5 Å². The molecule has 140 valence electrons. The number of hydrogen-bond donors (Lipinski definition) is 2. The number of nitrogen functional groups attached to an aromatic ring is 1. The molecule has 0 radical (unpaired) electrons. The number of benzene rings is 1. The summed E-state index contributed by atoms with van der Waals surface area (Å²) in [6, 6.07) is 7.61. The molecule has 3 N–H and O–H groups in total. The molecule has 6 heteroatoms. The zero-order valence-electron chi connectivity index (χ0n) is 15.4. The van der Waals surface area contributed by atoms with E-state index in [0.29, 0.717) is 27.2 Å². The summed E-state index contributed by atoms with van der Waals surface area (Å²) in [5.74, 6) is 0.491. The zero-order valence-corrected chi connectivity index (χ0v) is 17.0.